The summed E-state index contributed by atoms with van der Waals surface area (Å²) >= 11 is 0. The van der Waals surface area contributed by atoms with Gasteiger partial charge in [0.2, 0.25) is 0 Å². The molecule has 0 saturated carbocycles. The number of nitrogens with zero attached hydrogens (tertiary/aromatic N) is 1. The zero-order valence-corrected chi connectivity index (χ0v) is 17.6. The number of hydrogen-bond acceptors (Lipinski definition) is 3. The normalized spacial score (nSPS) is 10.6. The predicted octanol–water partition coefficient (Wildman–Crippen LogP) is 3.60. The number of amides is 1. The van der Waals surface area contributed by atoms with E-state index >= 15 is 0 Å². The van der Waals surface area contributed by atoms with Gasteiger partial charge in [-0.15, -0.1) is 0 Å². The Bertz CT molecular complexity index is 1180. The second-order valence-corrected chi connectivity index (χ2v) is 8.65. The van der Waals surface area contributed by atoms with Gasteiger partial charge in [-0.3, -0.25) is 9.10 Å². The number of aryl methyl sites for hydroxylation is 1. The molecule has 3 rings (SSSR count). The summed E-state index contributed by atoms with van der Waals surface area (Å²) in [5.41, 5.74) is 2.77. The van der Waals surface area contributed by atoms with E-state index in [9.17, 15) is 13.2 Å². The molecule has 0 radical (unpaired) electrons. The molecule has 0 unspecified atom stereocenters. The Labute approximate surface area is 177 Å². The maximum Gasteiger partial charge on any atom is 0.264 e. The Balaban J connectivity index is 1.64. The highest BCUT2D eigenvalue weighted by atomic mass is 32.2. The van der Waals surface area contributed by atoms with Gasteiger partial charge in [0, 0.05) is 18.2 Å². The van der Waals surface area contributed by atoms with Gasteiger partial charge in [0.15, 0.2) is 0 Å². The van der Waals surface area contributed by atoms with Crippen molar-refractivity contribution in [3.05, 3.63) is 95.6 Å². The molecule has 152 valence electrons. The highest BCUT2D eigenvalue weighted by Crippen LogP contribution is 2.22. The van der Waals surface area contributed by atoms with E-state index in [1.54, 1.807) is 48.5 Å². The van der Waals surface area contributed by atoms with Gasteiger partial charge in [0.05, 0.1) is 17.1 Å². The van der Waals surface area contributed by atoms with Gasteiger partial charge in [-0.05, 0) is 55.5 Å². The van der Waals surface area contributed by atoms with E-state index in [0.717, 1.165) is 11.1 Å². The first-order chi connectivity index (χ1) is 14.4. The smallest absolute Gasteiger partial charge is 0.264 e. The second-order valence-electron chi connectivity index (χ2n) is 6.68. The molecule has 0 aliphatic rings. The van der Waals surface area contributed by atoms with Crippen molar-refractivity contribution in [2.75, 3.05) is 17.9 Å². The van der Waals surface area contributed by atoms with Crippen molar-refractivity contribution in [1.29, 1.82) is 0 Å². The minimum absolute atomic E-state index is 0.217. The molecule has 0 saturated heterocycles. The lowest BCUT2D eigenvalue weighted by molar-refractivity contribution is 0.0958. The van der Waals surface area contributed by atoms with Crippen molar-refractivity contribution in [3.63, 3.8) is 0 Å². The topological polar surface area (TPSA) is 66.5 Å². The van der Waals surface area contributed by atoms with Crippen LogP contribution in [0.1, 0.15) is 21.5 Å². The minimum Gasteiger partial charge on any atom is -0.341 e. The fourth-order valence-corrected chi connectivity index (χ4v) is 3.92. The van der Waals surface area contributed by atoms with Crippen LogP contribution in [0.25, 0.3) is 0 Å². The summed E-state index contributed by atoms with van der Waals surface area (Å²) in [6.45, 7) is 2.12. The maximum atomic E-state index is 12.8. The van der Waals surface area contributed by atoms with E-state index in [-0.39, 0.29) is 17.3 Å². The van der Waals surface area contributed by atoms with Gasteiger partial charge >= 0.3 is 0 Å². The molecule has 0 bridgehead atoms. The average molecular weight is 419 g/mol. The standard InChI is InChI=1S/C24H22N2O3S/c1-19-10-16-23(17-11-19)30(28,29)26(2)22-14-12-21(13-15-22)24(27)25-18-6-9-20-7-4-3-5-8-20/h3-5,7-8,10-17H,18H2,1-2H3,(H,25,27). The van der Waals surface area contributed by atoms with Crippen LogP contribution in [-0.2, 0) is 10.0 Å². The van der Waals surface area contributed by atoms with Crippen LogP contribution in [0.2, 0.25) is 0 Å². The Hall–Kier alpha value is -3.56. The molecule has 6 heteroatoms. The summed E-state index contributed by atoms with van der Waals surface area (Å²) in [6, 6.07) is 22.6. The van der Waals surface area contributed by atoms with Gasteiger partial charge in [-0.1, -0.05) is 47.7 Å². The van der Waals surface area contributed by atoms with Crippen LogP contribution < -0.4 is 9.62 Å². The number of anilines is 1. The zero-order valence-electron chi connectivity index (χ0n) is 16.8. The molecule has 5 nitrogen and oxygen atoms in total. The fourth-order valence-electron chi connectivity index (χ4n) is 2.72. The summed E-state index contributed by atoms with van der Waals surface area (Å²) in [6.07, 6.45) is 0. The minimum atomic E-state index is -3.67. The van der Waals surface area contributed by atoms with Crippen molar-refractivity contribution in [1.82, 2.24) is 5.32 Å². The molecular weight excluding hydrogens is 396 g/mol. The lowest BCUT2D eigenvalue weighted by Gasteiger charge is -2.20. The summed E-state index contributed by atoms with van der Waals surface area (Å²) in [4.78, 5) is 12.5. The van der Waals surface area contributed by atoms with Crippen molar-refractivity contribution in [2.45, 2.75) is 11.8 Å². The van der Waals surface area contributed by atoms with Gasteiger partial charge < -0.3 is 5.32 Å². The van der Waals surface area contributed by atoms with Gasteiger partial charge in [0.1, 0.15) is 0 Å². The summed E-state index contributed by atoms with van der Waals surface area (Å²) in [7, 11) is -2.18. The monoisotopic (exact) mass is 418 g/mol. The van der Waals surface area contributed by atoms with Gasteiger partial charge in [-0.2, -0.15) is 0 Å². The molecule has 0 atom stereocenters. The quantitative estimate of drug-likeness (QED) is 0.644. The first kappa shape index (κ1) is 21.2. The van der Waals surface area contributed by atoms with Gasteiger partial charge in [-0.25, -0.2) is 8.42 Å². The fraction of sp³-hybridized carbons (Fsp3) is 0.125. The van der Waals surface area contributed by atoms with Crippen molar-refractivity contribution >= 4 is 21.6 Å². The van der Waals surface area contributed by atoms with Crippen molar-refractivity contribution in [3.8, 4) is 11.8 Å². The van der Waals surface area contributed by atoms with Gasteiger partial charge in [0.25, 0.3) is 15.9 Å². The molecule has 1 amide bonds. The van der Waals surface area contributed by atoms with Crippen molar-refractivity contribution in [2.24, 2.45) is 0 Å². The molecule has 0 heterocycles. The van der Waals surface area contributed by atoms with Crippen LogP contribution >= 0.6 is 0 Å². The Morgan fingerprint density at radius 1 is 0.933 bits per heavy atom. The predicted molar refractivity (Wildman–Crippen MR) is 119 cm³/mol. The first-order valence-corrected chi connectivity index (χ1v) is 10.8. The number of carbonyl (C=O) groups excluding carboxylic acids is 1. The molecule has 1 N–H and O–H groups in total. The molecular formula is C24H22N2O3S. The van der Waals surface area contributed by atoms with E-state index in [4.69, 9.17) is 0 Å². The Morgan fingerprint density at radius 3 is 2.20 bits per heavy atom. The molecule has 3 aromatic rings. The lowest BCUT2D eigenvalue weighted by Crippen LogP contribution is -2.27. The van der Waals surface area contributed by atoms with E-state index in [2.05, 4.69) is 17.2 Å². The molecule has 0 fully saturated rings. The largest absolute Gasteiger partial charge is 0.341 e. The maximum absolute atomic E-state index is 12.8. The third-order valence-electron chi connectivity index (χ3n) is 4.52. The summed E-state index contributed by atoms with van der Waals surface area (Å²) < 4.78 is 26.8. The SMILES string of the molecule is Cc1ccc(S(=O)(=O)N(C)c2ccc(C(=O)NCC#Cc3ccccc3)cc2)cc1. The molecule has 3 aromatic carbocycles. The molecule has 0 aliphatic heterocycles. The van der Waals surface area contributed by atoms with E-state index in [1.807, 2.05) is 37.3 Å². The number of hydrogen-bond donors (Lipinski definition) is 1. The summed E-state index contributed by atoms with van der Waals surface area (Å²) in [5, 5.41) is 2.73. The van der Waals surface area contributed by atoms with Crippen molar-refractivity contribution < 1.29 is 13.2 Å². The van der Waals surface area contributed by atoms with Crippen LogP contribution in [-0.4, -0.2) is 27.9 Å². The number of carbonyl (C=O) groups is 1. The number of sulfonamides is 1. The van der Waals surface area contributed by atoms with Crippen LogP contribution in [0.15, 0.2) is 83.8 Å². The second kappa shape index (κ2) is 9.29. The molecule has 0 aromatic heterocycles. The van der Waals surface area contributed by atoms with Crippen LogP contribution in [0.4, 0.5) is 5.69 Å². The zero-order chi connectivity index (χ0) is 21.6. The van der Waals surface area contributed by atoms with E-state index in [0.29, 0.717) is 11.3 Å². The lowest BCUT2D eigenvalue weighted by atomic mass is 10.2. The van der Waals surface area contributed by atoms with Crippen LogP contribution in [0.5, 0.6) is 0 Å². The third-order valence-corrected chi connectivity index (χ3v) is 6.32. The molecule has 30 heavy (non-hydrogen) atoms. The Kier molecular flexibility index (Phi) is 6.55. The van der Waals surface area contributed by atoms with E-state index in [1.165, 1.54) is 11.4 Å². The molecule has 0 aliphatic carbocycles. The first-order valence-electron chi connectivity index (χ1n) is 9.36. The average Bonchev–Trinajstić information content (AvgIpc) is 2.77. The summed E-state index contributed by atoms with van der Waals surface area (Å²) in [5.74, 6) is 5.61. The van der Waals surface area contributed by atoms with Crippen LogP contribution in [0.3, 0.4) is 0 Å². The molecule has 0 spiro atoms. The number of rotatable bonds is 5. The number of benzene rings is 3. The Morgan fingerprint density at radius 2 is 1.57 bits per heavy atom. The highest BCUT2D eigenvalue weighted by Gasteiger charge is 2.21. The van der Waals surface area contributed by atoms with Crippen LogP contribution in [0, 0.1) is 18.8 Å². The van der Waals surface area contributed by atoms with E-state index < -0.39 is 10.0 Å². The number of nitrogens with one attached hydrogen (secondary N) is 1. The highest BCUT2D eigenvalue weighted by molar-refractivity contribution is 7.92. The third kappa shape index (κ3) is 5.07.